The van der Waals surface area contributed by atoms with E-state index in [-0.39, 0.29) is 0 Å². The average molecular weight is 684 g/mol. The molecule has 0 bridgehead atoms. The van der Waals surface area contributed by atoms with Crippen molar-refractivity contribution in [3.63, 3.8) is 0 Å². The van der Waals surface area contributed by atoms with Crippen molar-refractivity contribution in [1.82, 2.24) is 0 Å². The number of benzene rings is 8. The SMILES string of the molecule is C[Si]1(C)c2cc(N(c3ccc(-c4ccc5ccccc5c4)cc3)c3cccc4oc5ccccc5c34)ccc2-c2c1ccc1c2oc2ccccc21. The summed E-state index contributed by atoms with van der Waals surface area (Å²) in [5.74, 6) is 0. The first-order chi connectivity index (χ1) is 25.5. The highest BCUT2D eigenvalue weighted by Gasteiger charge is 2.40. The van der Waals surface area contributed by atoms with Crippen LogP contribution in [0.5, 0.6) is 0 Å². The number of rotatable bonds is 4. The third-order valence-electron chi connectivity index (χ3n) is 11.3. The van der Waals surface area contributed by atoms with Gasteiger partial charge in [0, 0.05) is 33.1 Å². The molecule has 246 valence electrons. The van der Waals surface area contributed by atoms with Gasteiger partial charge in [-0.2, -0.15) is 0 Å². The molecule has 3 heterocycles. The molecular weight excluding hydrogens is 651 g/mol. The van der Waals surface area contributed by atoms with E-state index < -0.39 is 8.07 Å². The van der Waals surface area contributed by atoms with E-state index in [4.69, 9.17) is 8.83 Å². The van der Waals surface area contributed by atoms with Crippen LogP contribution in [0.15, 0.2) is 173 Å². The van der Waals surface area contributed by atoms with E-state index in [1.54, 1.807) is 0 Å². The van der Waals surface area contributed by atoms with Crippen molar-refractivity contribution in [3.05, 3.63) is 164 Å². The molecule has 11 rings (SSSR count). The molecule has 52 heavy (non-hydrogen) atoms. The molecule has 1 aliphatic heterocycles. The van der Waals surface area contributed by atoms with Crippen molar-refractivity contribution in [2.75, 3.05) is 4.90 Å². The molecule has 0 saturated carbocycles. The van der Waals surface area contributed by atoms with Crippen molar-refractivity contribution in [3.8, 4) is 22.3 Å². The maximum atomic E-state index is 6.61. The Balaban J connectivity index is 1.11. The second-order valence-electron chi connectivity index (χ2n) is 14.5. The maximum absolute atomic E-state index is 6.61. The molecule has 0 amide bonds. The monoisotopic (exact) mass is 683 g/mol. The Labute approximate surface area is 302 Å². The highest BCUT2D eigenvalue weighted by Crippen LogP contribution is 2.45. The summed E-state index contributed by atoms with van der Waals surface area (Å²) in [6.07, 6.45) is 0. The van der Waals surface area contributed by atoms with Crippen molar-refractivity contribution < 1.29 is 8.83 Å². The molecule has 10 aromatic rings. The predicted molar refractivity (Wildman–Crippen MR) is 221 cm³/mol. The minimum atomic E-state index is -2.09. The van der Waals surface area contributed by atoms with Crippen LogP contribution in [0.4, 0.5) is 17.1 Å². The quantitative estimate of drug-likeness (QED) is 0.173. The average Bonchev–Trinajstić information content (AvgIpc) is 3.83. The molecule has 0 atom stereocenters. The van der Waals surface area contributed by atoms with Crippen LogP contribution in [0.25, 0.3) is 76.9 Å². The fourth-order valence-corrected chi connectivity index (χ4v) is 11.7. The standard InChI is InChI=1S/C48H33NO2Si/c1-52(2)44-27-26-37-36-12-5-7-15-41(36)51-48(37)47(44)39-25-24-35(29-45(39)52)49(40-14-9-17-43-46(40)38-13-6-8-16-42(38)50-43)34-22-20-31(21-23-34)33-19-18-30-10-3-4-11-32(30)28-33/h3-29H,1-2H3. The molecule has 0 N–H and O–H groups in total. The van der Waals surface area contributed by atoms with E-state index in [2.05, 4.69) is 176 Å². The highest BCUT2D eigenvalue weighted by molar-refractivity contribution is 7.04. The van der Waals surface area contributed by atoms with Gasteiger partial charge in [-0.1, -0.05) is 122 Å². The summed E-state index contributed by atoms with van der Waals surface area (Å²) in [5.41, 5.74) is 12.0. The number of hydrogen-bond donors (Lipinski definition) is 0. The third-order valence-corrected chi connectivity index (χ3v) is 14.8. The number of furan rings is 2. The lowest BCUT2D eigenvalue weighted by Crippen LogP contribution is -2.49. The lowest BCUT2D eigenvalue weighted by molar-refractivity contribution is 0.669. The summed E-state index contributed by atoms with van der Waals surface area (Å²) in [4.78, 5) is 2.42. The predicted octanol–water partition coefficient (Wildman–Crippen LogP) is 12.6. The number of fused-ring (bicyclic) bond motifs is 11. The normalized spacial score (nSPS) is 13.3. The number of para-hydroxylation sites is 2. The molecule has 4 heteroatoms. The third kappa shape index (κ3) is 4.19. The Morgan fingerprint density at radius 2 is 1.15 bits per heavy atom. The van der Waals surface area contributed by atoms with Crippen molar-refractivity contribution in [2.45, 2.75) is 13.1 Å². The van der Waals surface area contributed by atoms with Crippen molar-refractivity contribution in [1.29, 1.82) is 0 Å². The van der Waals surface area contributed by atoms with Gasteiger partial charge in [0.25, 0.3) is 0 Å². The largest absolute Gasteiger partial charge is 0.456 e. The zero-order chi connectivity index (χ0) is 34.6. The van der Waals surface area contributed by atoms with Gasteiger partial charge < -0.3 is 13.7 Å². The Bertz CT molecular complexity index is 3060. The highest BCUT2D eigenvalue weighted by atomic mass is 28.3. The van der Waals surface area contributed by atoms with Crippen LogP contribution >= 0.6 is 0 Å². The fraction of sp³-hybridized carbons (Fsp3) is 0.0417. The zero-order valence-electron chi connectivity index (χ0n) is 28.9. The van der Waals surface area contributed by atoms with Gasteiger partial charge in [0.2, 0.25) is 0 Å². The van der Waals surface area contributed by atoms with Gasteiger partial charge in [-0.05, 0) is 92.4 Å². The molecule has 0 unspecified atom stereocenters. The summed E-state index contributed by atoms with van der Waals surface area (Å²) in [5, 5.41) is 9.93. The molecule has 0 fully saturated rings. The van der Waals surface area contributed by atoms with E-state index in [1.807, 2.05) is 6.07 Å². The summed E-state index contributed by atoms with van der Waals surface area (Å²) >= 11 is 0. The van der Waals surface area contributed by atoms with Gasteiger partial charge in [0.15, 0.2) is 0 Å². The summed E-state index contributed by atoms with van der Waals surface area (Å²) in [6.45, 7) is 4.95. The van der Waals surface area contributed by atoms with Crippen LogP contribution in [-0.2, 0) is 0 Å². The Kier molecular flexibility index (Phi) is 6.11. The molecule has 2 aromatic heterocycles. The number of nitrogens with zero attached hydrogens (tertiary/aromatic N) is 1. The number of hydrogen-bond acceptors (Lipinski definition) is 3. The van der Waals surface area contributed by atoms with E-state index in [9.17, 15) is 0 Å². The van der Waals surface area contributed by atoms with Crippen LogP contribution in [0.2, 0.25) is 13.1 Å². The fourth-order valence-electron chi connectivity index (χ4n) is 8.67. The summed E-state index contributed by atoms with van der Waals surface area (Å²) < 4.78 is 13.0. The molecule has 0 aliphatic carbocycles. The first kappa shape index (κ1) is 29.4. The first-order valence-electron chi connectivity index (χ1n) is 17.9. The van der Waals surface area contributed by atoms with Crippen LogP contribution in [0.3, 0.4) is 0 Å². The Morgan fingerprint density at radius 1 is 0.462 bits per heavy atom. The topological polar surface area (TPSA) is 29.5 Å². The Morgan fingerprint density at radius 3 is 2.00 bits per heavy atom. The van der Waals surface area contributed by atoms with Crippen molar-refractivity contribution in [2.24, 2.45) is 0 Å². The first-order valence-corrected chi connectivity index (χ1v) is 20.9. The van der Waals surface area contributed by atoms with Gasteiger partial charge >= 0.3 is 0 Å². The van der Waals surface area contributed by atoms with E-state index in [0.29, 0.717) is 0 Å². The van der Waals surface area contributed by atoms with Gasteiger partial charge in [0.1, 0.15) is 30.4 Å². The molecule has 0 spiro atoms. The smallest absolute Gasteiger partial charge is 0.143 e. The van der Waals surface area contributed by atoms with Crippen molar-refractivity contribution >= 4 is 90.2 Å². The lowest BCUT2D eigenvalue weighted by atomic mass is 10.00. The molecular formula is C48H33NO2Si. The zero-order valence-corrected chi connectivity index (χ0v) is 29.9. The van der Waals surface area contributed by atoms with Crippen LogP contribution in [-0.4, -0.2) is 8.07 Å². The van der Waals surface area contributed by atoms with Crippen LogP contribution in [0.1, 0.15) is 0 Å². The molecule has 3 nitrogen and oxygen atoms in total. The van der Waals surface area contributed by atoms with Gasteiger partial charge in [-0.3, -0.25) is 0 Å². The van der Waals surface area contributed by atoms with E-state index in [1.165, 1.54) is 54.2 Å². The Hall–Kier alpha value is -6.36. The molecule has 1 aliphatic rings. The second-order valence-corrected chi connectivity index (χ2v) is 18.8. The molecule has 8 aromatic carbocycles. The second kappa shape index (κ2) is 10.8. The van der Waals surface area contributed by atoms with Crippen LogP contribution < -0.4 is 15.3 Å². The van der Waals surface area contributed by atoms with E-state index in [0.717, 1.165) is 50.2 Å². The van der Waals surface area contributed by atoms with Crippen LogP contribution in [0, 0.1) is 0 Å². The minimum absolute atomic E-state index is 0.882. The lowest BCUT2D eigenvalue weighted by Gasteiger charge is -2.28. The van der Waals surface area contributed by atoms with Gasteiger partial charge in [0.05, 0.1) is 11.1 Å². The van der Waals surface area contributed by atoms with E-state index >= 15 is 0 Å². The number of anilines is 3. The molecule has 0 radical (unpaired) electrons. The van der Waals surface area contributed by atoms with Gasteiger partial charge in [-0.25, -0.2) is 0 Å². The maximum Gasteiger partial charge on any atom is 0.143 e. The van der Waals surface area contributed by atoms with Gasteiger partial charge in [-0.15, -0.1) is 0 Å². The summed E-state index contributed by atoms with van der Waals surface area (Å²) in [6, 6.07) is 59.1. The molecule has 0 saturated heterocycles. The minimum Gasteiger partial charge on any atom is -0.456 e. The summed E-state index contributed by atoms with van der Waals surface area (Å²) in [7, 11) is -2.09.